The molecule has 0 aliphatic carbocycles. The summed E-state index contributed by atoms with van der Waals surface area (Å²) in [4.78, 5) is 34.9. The maximum Gasteiger partial charge on any atom is 0.317 e. The first-order valence-electron chi connectivity index (χ1n) is 17.3. The number of benzene rings is 2. The standard InChI is InChI=1S/C39H52N4O2/c1-26-21-27(2)23-32(22-26)36-35(28(3)24-41-38(45)42-19-16-30(17-20-42)29-9-7-6-8-10-29)31(25-40-36)15-18-39(4,5)37(44)43-33-11-12-34(43)14-13-33/h6-10,21-23,25,28,30,33-34,40H,11-20,24H2,1-5H3,(H,41,45)/t28-,33?,34?/m1/s1. The SMILES string of the molecule is Cc1cc(C)cc(-c2[nH]cc(CCC(C)(C)C(=O)N3C4CCC3CC4)c2[C@H](C)CNC(=O)N2CCC(c3ccccc3)CC2)c1. The minimum Gasteiger partial charge on any atom is -0.361 e. The van der Waals surface area contributed by atoms with E-state index >= 15 is 0 Å². The van der Waals surface area contributed by atoms with E-state index in [-0.39, 0.29) is 11.9 Å². The number of aryl methyl sites for hydroxylation is 3. The molecule has 2 N–H and O–H groups in total. The first-order chi connectivity index (χ1) is 21.6. The Hall–Kier alpha value is -3.54. The second-order valence-electron chi connectivity index (χ2n) is 14.8. The summed E-state index contributed by atoms with van der Waals surface area (Å²) in [5, 5.41) is 3.28. The van der Waals surface area contributed by atoms with Crippen LogP contribution in [0.15, 0.2) is 54.7 Å². The Balaban J connectivity index is 1.15. The predicted molar refractivity (Wildman–Crippen MR) is 182 cm³/mol. The van der Waals surface area contributed by atoms with E-state index in [1.807, 2.05) is 4.90 Å². The highest BCUT2D eigenvalue weighted by Gasteiger charge is 2.46. The van der Waals surface area contributed by atoms with Crippen LogP contribution < -0.4 is 5.32 Å². The van der Waals surface area contributed by atoms with E-state index in [1.165, 1.54) is 59.1 Å². The van der Waals surface area contributed by atoms with Gasteiger partial charge in [0.1, 0.15) is 0 Å². The van der Waals surface area contributed by atoms with Gasteiger partial charge in [0.15, 0.2) is 0 Å². The zero-order chi connectivity index (χ0) is 31.7. The van der Waals surface area contributed by atoms with Crippen molar-refractivity contribution in [3.63, 3.8) is 0 Å². The van der Waals surface area contributed by atoms with Crippen LogP contribution in [0.1, 0.15) is 105 Å². The lowest BCUT2D eigenvalue weighted by Gasteiger charge is -2.33. The largest absolute Gasteiger partial charge is 0.361 e. The maximum atomic E-state index is 13.8. The van der Waals surface area contributed by atoms with Crippen molar-refractivity contribution in [2.75, 3.05) is 19.6 Å². The summed E-state index contributed by atoms with van der Waals surface area (Å²) in [6.07, 6.45) is 10.4. The van der Waals surface area contributed by atoms with Crippen molar-refractivity contribution in [2.24, 2.45) is 5.41 Å². The quantitative estimate of drug-likeness (QED) is 0.258. The number of urea groups is 1. The van der Waals surface area contributed by atoms with Gasteiger partial charge in [-0.2, -0.15) is 0 Å². The van der Waals surface area contributed by atoms with Gasteiger partial charge in [-0.1, -0.05) is 68.3 Å². The van der Waals surface area contributed by atoms with Crippen LogP contribution in [0.4, 0.5) is 4.79 Å². The molecule has 6 rings (SSSR count). The maximum absolute atomic E-state index is 13.8. The number of aromatic nitrogens is 1. The van der Waals surface area contributed by atoms with Gasteiger partial charge in [-0.3, -0.25) is 4.79 Å². The van der Waals surface area contributed by atoms with E-state index in [4.69, 9.17) is 0 Å². The van der Waals surface area contributed by atoms with E-state index in [9.17, 15) is 9.59 Å². The third-order valence-electron chi connectivity index (χ3n) is 10.9. The van der Waals surface area contributed by atoms with Crippen LogP contribution in [0.3, 0.4) is 0 Å². The van der Waals surface area contributed by atoms with E-state index in [2.05, 4.69) is 105 Å². The molecule has 0 unspecified atom stereocenters. The molecule has 3 saturated heterocycles. The number of hydrogen-bond donors (Lipinski definition) is 2. The number of likely N-dealkylation sites (tertiary alicyclic amines) is 1. The fourth-order valence-electron chi connectivity index (χ4n) is 8.35. The minimum atomic E-state index is -0.414. The third kappa shape index (κ3) is 6.71. The summed E-state index contributed by atoms with van der Waals surface area (Å²) < 4.78 is 0. The second-order valence-corrected chi connectivity index (χ2v) is 14.8. The normalized spacial score (nSPS) is 20.9. The van der Waals surface area contributed by atoms with Crippen LogP contribution in [0.2, 0.25) is 0 Å². The third-order valence-corrected chi connectivity index (χ3v) is 10.9. The highest BCUT2D eigenvalue weighted by Crippen LogP contribution is 2.42. The molecule has 2 bridgehead atoms. The summed E-state index contributed by atoms with van der Waals surface area (Å²) in [7, 11) is 0. The number of piperidine rings is 1. The van der Waals surface area contributed by atoms with E-state index < -0.39 is 5.41 Å². The Labute approximate surface area is 270 Å². The zero-order valence-corrected chi connectivity index (χ0v) is 28.0. The topological polar surface area (TPSA) is 68.4 Å². The number of carbonyl (C=O) groups excluding carboxylic acids is 2. The summed E-state index contributed by atoms with van der Waals surface area (Å²) in [6, 6.07) is 18.3. The summed E-state index contributed by atoms with van der Waals surface area (Å²) in [5.74, 6) is 0.963. The summed E-state index contributed by atoms with van der Waals surface area (Å²) in [6.45, 7) is 12.9. The first kappa shape index (κ1) is 31.4. The Morgan fingerprint density at radius 3 is 2.18 bits per heavy atom. The average molecular weight is 609 g/mol. The van der Waals surface area contributed by atoms with E-state index in [1.54, 1.807) is 0 Å². The molecule has 1 aromatic heterocycles. The molecule has 0 saturated carbocycles. The lowest BCUT2D eigenvalue weighted by molar-refractivity contribution is -0.142. The van der Waals surface area contributed by atoms with Gasteiger partial charge in [-0.15, -0.1) is 0 Å². The van der Waals surface area contributed by atoms with Gasteiger partial charge < -0.3 is 20.1 Å². The van der Waals surface area contributed by atoms with Gasteiger partial charge in [0, 0.05) is 54.9 Å². The van der Waals surface area contributed by atoms with Crippen molar-refractivity contribution in [1.29, 1.82) is 0 Å². The number of aromatic amines is 1. The molecule has 3 fully saturated rings. The van der Waals surface area contributed by atoms with Crippen LogP contribution >= 0.6 is 0 Å². The molecule has 2 aromatic carbocycles. The lowest BCUT2D eigenvalue weighted by Crippen LogP contribution is -2.45. The van der Waals surface area contributed by atoms with Crippen molar-refractivity contribution < 1.29 is 9.59 Å². The van der Waals surface area contributed by atoms with Crippen molar-refractivity contribution in [2.45, 2.75) is 110 Å². The smallest absolute Gasteiger partial charge is 0.317 e. The molecule has 3 aliphatic rings. The first-order valence-corrected chi connectivity index (χ1v) is 17.3. The monoisotopic (exact) mass is 608 g/mol. The van der Waals surface area contributed by atoms with Crippen LogP contribution in [0, 0.1) is 19.3 Å². The summed E-state index contributed by atoms with van der Waals surface area (Å²) >= 11 is 0. The number of H-pyrrole nitrogens is 1. The Kier molecular flexibility index (Phi) is 9.12. The number of amides is 3. The Morgan fingerprint density at radius 2 is 1.56 bits per heavy atom. The van der Waals surface area contributed by atoms with Gasteiger partial charge in [0.25, 0.3) is 0 Å². The molecule has 6 heteroatoms. The number of nitrogens with zero attached hydrogens (tertiary/aromatic N) is 2. The molecule has 45 heavy (non-hydrogen) atoms. The van der Waals surface area contributed by atoms with E-state index in [0.717, 1.165) is 44.5 Å². The lowest BCUT2D eigenvalue weighted by atomic mass is 9.83. The fraction of sp³-hybridized carbons (Fsp3) is 0.538. The molecule has 3 amide bonds. The van der Waals surface area contributed by atoms with E-state index in [0.29, 0.717) is 30.5 Å². The van der Waals surface area contributed by atoms with Crippen LogP contribution in [-0.4, -0.2) is 58.4 Å². The molecule has 6 nitrogen and oxygen atoms in total. The zero-order valence-electron chi connectivity index (χ0n) is 28.0. The molecular weight excluding hydrogens is 556 g/mol. The van der Waals surface area contributed by atoms with Crippen molar-refractivity contribution in [1.82, 2.24) is 20.1 Å². The van der Waals surface area contributed by atoms with Crippen LogP contribution in [0.5, 0.6) is 0 Å². The Bertz CT molecular complexity index is 1460. The Morgan fingerprint density at radius 1 is 0.933 bits per heavy atom. The van der Waals surface area contributed by atoms with Crippen LogP contribution in [-0.2, 0) is 11.2 Å². The number of carbonyl (C=O) groups is 2. The number of rotatable bonds is 9. The van der Waals surface area contributed by atoms with Crippen molar-refractivity contribution in [3.8, 4) is 11.3 Å². The van der Waals surface area contributed by atoms with Crippen molar-refractivity contribution >= 4 is 11.9 Å². The number of nitrogens with one attached hydrogen (secondary N) is 2. The molecule has 3 aromatic rings. The van der Waals surface area contributed by atoms with Gasteiger partial charge in [0.2, 0.25) is 5.91 Å². The van der Waals surface area contributed by atoms with Gasteiger partial charge in [-0.05, 0) is 106 Å². The minimum absolute atomic E-state index is 0.0328. The molecule has 1 atom stereocenters. The fourth-order valence-corrected chi connectivity index (χ4v) is 8.35. The second kappa shape index (κ2) is 13.1. The molecule has 240 valence electrons. The number of hydrogen-bond acceptors (Lipinski definition) is 2. The highest BCUT2D eigenvalue weighted by molar-refractivity contribution is 5.83. The predicted octanol–water partition coefficient (Wildman–Crippen LogP) is 8.10. The highest BCUT2D eigenvalue weighted by atomic mass is 16.2. The van der Waals surface area contributed by atoms with Crippen molar-refractivity contribution in [3.05, 3.63) is 82.5 Å². The molecule has 3 aliphatic heterocycles. The van der Waals surface area contributed by atoms with Gasteiger partial charge >= 0.3 is 6.03 Å². The average Bonchev–Trinajstić information content (AvgIpc) is 3.77. The molecule has 0 radical (unpaired) electrons. The molecular formula is C39H52N4O2. The summed E-state index contributed by atoms with van der Waals surface area (Å²) in [5.41, 5.74) is 8.25. The molecule has 0 spiro atoms. The van der Waals surface area contributed by atoms with Crippen LogP contribution in [0.25, 0.3) is 11.3 Å². The van der Waals surface area contributed by atoms with Gasteiger partial charge in [-0.25, -0.2) is 4.79 Å². The van der Waals surface area contributed by atoms with Gasteiger partial charge in [0.05, 0.1) is 0 Å². The molecule has 4 heterocycles. The number of fused-ring (bicyclic) bond motifs is 2.